The van der Waals surface area contributed by atoms with Gasteiger partial charge in [-0.05, 0) is 103 Å². The number of carbonyl (C=O) groups is 2. The minimum Gasteiger partial charge on any atom is -0.457 e. The lowest BCUT2D eigenvalue weighted by Gasteiger charge is -2.14. The third kappa shape index (κ3) is 11.1. The molecule has 4 aromatic carbocycles. The number of nitrogens with one attached hydrogen (secondary N) is 3. The van der Waals surface area contributed by atoms with Crippen molar-refractivity contribution in [2.24, 2.45) is 7.05 Å². The fraction of sp³-hybridized carbons (Fsp3) is 0.137. The summed E-state index contributed by atoms with van der Waals surface area (Å²) in [6, 6.07) is 23.9. The molecule has 18 nitrogen and oxygen atoms in total. The summed E-state index contributed by atoms with van der Waals surface area (Å²) < 4.78 is 92.3. The molecular formula is C51H41F5N12O6. The second-order valence-corrected chi connectivity index (χ2v) is 15.9. The smallest absolute Gasteiger partial charge is 0.387 e. The molecule has 0 spiro atoms. The lowest BCUT2D eigenvalue weighted by molar-refractivity contribution is -0.0501. The summed E-state index contributed by atoms with van der Waals surface area (Å²) in [4.78, 5) is 34.4. The number of aromatic nitrogens is 10. The van der Waals surface area contributed by atoms with Crippen LogP contribution in [0.4, 0.5) is 33.3 Å². The Morgan fingerprint density at radius 1 is 0.662 bits per heavy atom. The molecule has 0 radical (unpaired) electrons. The zero-order valence-electron chi connectivity index (χ0n) is 39.2. The van der Waals surface area contributed by atoms with Gasteiger partial charge in [-0.3, -0.25) is 19.4 Å². The molecule has 0 unspecified atom stereocenters. The zero-order valence-corrected chi connectivity index (χ0v) is 39.2. The number of amides is 2. The first-order chi connectivity index (χ1) is 35.8. The Bertz CT molecular complexity index is 3620. The number of hydrogen-bond acceptors (Lipinski definition) is 12. The van der Waals surface area contributed by atoms with Gasteiger partial charge in [0, 0.05) is 43.6 Å². The molecular weight excluding hydrogens is 972 g/mol. The van der Waals surface area contributed by atoms with E-state index in [0.29, 0.717) is 40.5 Å². The maximum absolute atomic E-state index is 13.9. The molecule has 0 fully saturated rings. The van der Waals surface area contributed by atoms with Crippen molar-refractivity contribution in [1.29, 1.82) is 0 Å². The number of aryl methyl sites for hydroxylation is 3. The highest BCUT2D eigenvalue weighted by Crippen LogP contribution is 2.40. The number of fused-ring (bicyclic) bond motifs is 2. The highest BCUT2D eigenvalue weighted by atomic mass is 19.3. The topological polar surface area (TPSA) is 202 Å². The number of ether oxygens (including phenoxy) is 4. The van der Waals surface area contributed by atoms with Crippen molar-refractivity contribution >= 4 is 34.5 Å². The summed E-state index contributed by atoms with van der Waals surface area (Å²) in [5, 5.41) is 24.8. The first-order valence-electron chi connectivity index (χ1n) is 22.5. The minimum absolute atomic E-state index is 0.115. The van der Waals surface area contributed by atoms with Crippen LogP contribution in [0.1, 0.15) is 45.7 Å². The summed E-state index contributed by atoms with van der Waals surface area (Å²) in [7, 11) is 1.65. The third-order valence-electron chi connectivity index (χ3n) is 11.1. The number of H-pyrrole nitrogens is 1. The van der Waals surface area contributed by atoms with Gasteiger partial charge in [-0.25, -0.2) is 23.4 Å². The monoisotopic (exact) mass is 1010 g/mol. The maximum atomic E-state index is 13.9. The van der Waals surface area contributed by atoms with Crippen molar-refractivity contribution in [1.82, 2.24) is 49.2 Å². The van der Waals surface area contributed by atoms with E-state index in [9.17, 15) is 31.5 Å². The number of carbonyl (C=O) groups excluding carboxylic acids is 2. The molecule has 6 aromatic heterocycles. The predicted octanol–water partition coefficient (Wildman–Crippen LogP) is 10.8. The lowest BCUT2D eigenvalue weighted by atomic mass is 10.1. The maximum Gasteiger partial charge on any atom is 0.387 e. The van der Waals surface area contributed by atoms with Crippen LogP contribution in [0.2, 0.25) is 0 Å². The molecule has 0 aliphatic heterocycles. The quantitative estimate of drug-likeness (QED) is 0.0774. The van der Waals surface area contributed by atoms with Crippen molar-refractivity contribution < 1.29 is 50.5 Å². The van der Waals surface area contributed by atoms with E-state index in [0.717, 1.165) is 12.0 Å². The van der Waals surface area contributed by atoms with Crippen molar-refractivity contribution in [2.75, 3.05) is 10.6 Å². The van der Waals surface area contributed by atoms with E-state index in [4.69, 9.17) is 18.9 Å². The van der Waals surface area contributed by atoms with Crippen LogP contribution < -0.4 is 29.6 Å². The van der Waals surface area contributed by atoms with E-state index in [1.165, 1.54) is 81.0 Å². The minimum atomic E-state index is -3.10. The zero-order chi connectivity index (χ0) is 51.9. The van der Waals surface area contributed by atoms with E-state index in [1.807, 2.05) is 31.2 Å². The Labute approximate surface area is 416 Å². The van der Waals surface area contributed by atoms with E-state index in [-0.39, 0.29) is 68.1 Å². The molecule has 74 heavy (non-hydrogen) atoms. The third-order valence-corrected chi connectivity index (χ3v) is 11.1. The predicted molar refractivity (Wildman–Crippen MR) is 260 cm³/mol. The van der Waals surface area contributed by atoms with E-state index < -0.39 is 25.0 Å². The molecule has 23 heteroatoms. The molecule has 10 rings (SSSR count). The van der Waals surface area contributed by atoms with Crippen LogP contribution in [0.15, 0.2) is 141 Å². The lowest BCUT2D eigenvalue weighted by Crippen LogP contribution is -2.12. The van der Waals surface area contributed by atoms with Gasteiger partial charge in [0.1, 0.15) is 57.1 Å². The highest BCUT2D eigenvalue weighted by molar-refractivity contribution is 6.10. The fourth-order valence-electron chi connectivity index (χ4n) is 7.59. The van der Waals surface area contributed by atoms with Gasteiger partial charge in [0.25, 0.3) is 11.8 Å². The number of anilines is 2. The highest BCUT2D eigenvalue weighted by Gasteiger charge is 2.24. The molecule has 376 valence electrons. The molecule has 2 amide bonds. The summed E-state index contributed by atoms with van der Waals surface area (Å²) in [6.45, 7) is -2.29. The average Bonchev–Trinajstić information content (AvgIpc) is 4.22. The Balaban J connectivity index is 0.000000182. The van der Waals surface area contributed by atoms with Crippen LogP contribution in [0, 0.1) is 5.82 Å². The van der Waals surface area contributed by atoms with E-state index >= 15 is 0 Å². The van der Waals surface area contributed by atoms with Gasteiger partial charge < -0.3 is 29.6 Å². The van der Waals surface area contributed by atoms with Gasteiger partial charge in [0.15, 0.2) is 11.3 Å². The van der Waals surface area contributed by atoms with Gasteiger partial charge >= 0.3 is 13.2 Å². The second kappa shape index (κ2) is 21.8. The number of nitrogens with zero attached hydrogens (tertiary/aromatic N) is 9. The Morgan fingerprint density at radius 2 is 1.20 bits per heavy atom. The Hall–Kier alpha value is -9.67. The van der Waals surface area contributed by atoms with Gasteiger partial charge in [-0.2, -0.15) is 38.0 Å². The van der Waals surface area contributed by atoms with Gasteiger partial charge in [0.2, 0.25) is 0 Å². The van der Waals surface area contributed by atoms with Crippen LogP contribution in [0.3, 0.4) is 0 Å². The van der Waals surface area contributed by atoms with Crippen LogP contribution in [0.5, 0.6) is 34.5 Å². The molecule has 0 saturated heterocycles. The van der Waals surface area contributed by atoms with Crippen molar-refractivity contribution in [2.45, 2.75) is 39.9 Å². The molecule has 6 heterocycles. The molecule has 0 aliphatic rings. The van der Waals surface area contributed by atoms with Crippen LogP contribution >= 0.6 is 0 Å². The second-order valence-electron chi connectivity index (χ2n) is 15.9. The fourth-order valence-corrected chi connectivity index (χ4v) is 7.59. The van der Waals surface area contributed by atoms with E-state index in [2.05, 4.69) is 53.0 Å². The number of hydrogen-bond donors (Lipinski definition) is 3. The van der Waals surface area contributed by atoms with Crippen LogP contribution in [0.25, 0.3) is 33.8 Å². The van der Waals surface area contributed by atoms with Crippen molar-refractivity contribution in [3.8, 4) is 57.0 Å². The van der Waals surface area contributed by atoms with Gasteiger partial charge in [-0.1, -0.05) is 26.0 Å². The number of halogens is 5. The molecule has 0 aliphatic carbocycles. The Morgan fingerprint density at radius 3 is 1.80 bits per heavy atom. The van der Waals surface area contributed by atoms with Gasteiger partial charge in [-0.15, -0.1) is 0 Å². The van der Waals surface area contributed by atoms with E-state index in [1.54, 1.807) is 56.1 Å². The Kier molecular flexibility index (Phi) is 14.5. The molecule has 0 atom stereocenters. The molecule has 10 aromatic rings. The molecule has 0 bridgehead atoms. The van der Waals surface area contributed by atoms with Crippen molar-refractivity contribution in [3.63, 3.8) is 0 Å². The average molecular weight is 1010 g/mol. The SMILES string of the molecule is CCc1cc(Oc2ccc(OC(F)F)c(-c3[nH]ncc3NC(=O)c3cnn4cccnc34)c2)ccc1F.CCc1ccc(Oc2ccc(OC(F)F)c(-c3nn(C)cc3NC(=O)c3cnn4cccnc34)c2)cc1. The van der Waals surface area contributed by atoms with Gasteiger partial charge in [0.05, 0.1) is 41.2 Å². The number of alkyl halides is 4. The molecule has 3 N–H and O–H groups in total. The summed E-state index contributed by atoms with van der Waals surface area (Å²) in [5.41, 5.74) is 4.07. The number of aromatic amines is 1. The van der Waals surface area contributed by atoms with Crippen LogP contribution in [-0.4, -0.2) is 74.2 Å². The summed E-state index contributed by atoms with van der Waals surface area (Å²) >= 11 is 0. The number of benzene rings is 4. The first kappa shape index (κ1) is 49.3. The van der Waals surface area contributed by atoms with Crippen molar-refractivity contribution in [3.05, 3.63) is 169 Å². The summed E-state index contributed by atoms with van der Waals surface area (Å²) in [6.07, 6.45) is 13.4. The number of rotatable bonds is 16. The molecule has 0 saturated carbocycles. The largest absolute Gasteiger partial charge is 0.457 e. The van der Waals surface area contributed by atoms with Crippen LogP contribution in [-0.2, 0) is 19.9 Å². The summed E-state index contributed by atoms with van der Waals surface area (Å²) in [5.74, 6) is -0.0499. The first-order valence-corrected chi connectivity index (χ1v) is 22.5. The standard InChI is InChI=1S/C26H22F2N6O3.C25H19F3N6O3/c1-3-16-5-7-17(8-6-16)36-18-9-10-22(37-26(27)28)19(13-18)23-21(15-33(2)32-23)31-25(35)20-14-30-34-12-4-11-29-24(20)34;1-2-14-10-15(4-6-19(14)26)36-16-5-7-21(37-25(27)28)17(11-16)22-20(13-30-33-22)32-24(35)18-12-31-34-9-3-8-29-23(18)34/h4-15,26H,3H2,1-2H3,(H,31,35);3-13,25H,2H2,1H3,(H,30,33)(H,32,35). The normalized spacial score (nSPS) is 11.2.